The van der Waals surface area contributed by atoms with Crippen molar-refractivity contribution >= 4 is 5.91 Å². The molecule has 198 valence electrons. The van der Waals surface area contributed by atoms with Gasteiger partial charge in [0.05, 0.1) is 26.4 Å². The fraction of sp³-hybridized carbons (Fsp3) is 0.679. The van der Waals surface area contributed by atoms with Crippen LogP contribution in [-0.4, -0.2) is 57.1 Å². The van der Waals surface area contributed by atoms with E-state index in [2.05, 4.69) is 25.1 Å². The number of methoxy groups -OCH3 is 2. The molecule has 0 aliphatic heterocycles. The Morgan fingerprint density at radius 3 is 2.40 bits per heavy atom. The van der Waals surface area contributed by atoms with Crippen LogP contribution in [0.2, 0.25) is 0 Å². The van der Waals surface area contributed by atoms with Gasteiger partial charge >= 0.3 is 0 Å². The molecule has 1 amide bonds. The van der Waals surface area contributed by atoms with Gasteiger partial charge in [-0.05, 0) is 54.7 Å². The third kappa shape index (κ3) is 10.9. The van der Waals surface area contributed by atoms with Crippen LogP contribution in [-0.2, 0) is 16.0 Å². The summed E-state index contributed by atoms with van der Waals surface area (Å²) in [5, 5.41) is 13.6. The molecule has 0 fully saturated rings. The van der Waals surface area contributed by atoms with Crippen LogP contribution in [0.1, 0.15) is 52.5 Å². The minimum atomic E-state index is -0.782. The molecule has 1 rings (SSSR count). The summed E-state index contributed by atoms with van der Waals surface area (Å²) in [5.74, 6) is 4.02. The number of aliphatic hydroxyl groups excluding tert-OH is 1. The second kappa shape index (κ2) is 16.4. The quantitative estimate of drug-likeness (QED) is 0.228. The lowest BCUT2D eigenvalue weighted by atomic mass is 9.81. The molecular weight excluding hydrogens is 444 g/mol. The molecule has 1 aromatic carbocycles. The number of nitrogens with one attached hydrogen (secondary N) is 1. The molecule has 0 spiro atoms. The fourth-order valence-corrected chi connectivity index (χ4v) is 4.13. The van der Waals surface area contributed by atoms with E-state index >= 15 is 0 Å². The number of aliphatic hydroxyl groups is 1. The van der Waals surface area contributed by atoms with Crippen molar-refractivity contribution < 1.29 is 24.1 Å². The molecule has 7 nitrogen and oxygen atoms in total. The van der Waals surface area contributed by atoms with Gasteiger partial charge in [0.2, 0.25) is 5.91 Å². The number of terminal acetylenes is 1. The summed E-state index contributed by atoms with van der Waals surface area (Å²) in [6.07, 6.45) is 7.02. The smallest absolute Gasteiger partial charge is 0.224 e. The summed E-state index contributed by atoms with van der Waals surface area (Å²) in [5.41, 5.74) is 7.58. The number of hydrogen-bond acceptors (Lipinski definition) is 6. The minimum Gasteiger partial charge on any atom is -0.493 e. The Hall–Kier alpha value is -2.27. The van der Waals surface area contributed by atoms with E-state index in [1.54, 1.807) is 14.2 Å². The molecule has 35 heavy (non-hydrogen) atoms. The zero-order valence-corrected chi connectivity index (χ0v) is 22.4. The standard InChI is InChI=1S/C28H46N2O5/c1-8-12-30-28(32)23(20(4)5)18-25(31)24(29)17-22(19(2)3)15-21-10-11-26(34-7)27(16-21)35-14-9-13-33-6/h1,10-11,16,19-20,22-25,31H,9,12-15,17-18,29H2,2-7H3,(H,30,32)/t22-,23-,24-,25?/m0/s1. The average molecular weight is 491 g/mol. The molecule has 0 saturated carbocycles. The summed E-state index contributed by atoms with van der Waals surface area (Å²) in [7, 11) is 3.30. The van der Waals surface area contributed by atoms with Crippen molar-refractivity contribution in [2.45, 2.75) is 65.5 Å². The third-order valence-electron chi connectivity index (χ3n) is 6.49. The molecule has 0 saturated heterocycles. The largest absolute Gasteiger partial charge is 0.493 e. The fourth-order valence-electron chi connectivity index (χ4n) is 4.13. The van der Waals surface area contributed by atoms with Gasteiger partial charge in [0.25, 0.3) is 0 Å². The van der Waals surface area contributed by atoms with Gasteiger partial charge in [-0.1, -0.05) is 39.7 Å². The average Bonchev–Trinajstić information content (AvgIpc) is 2.82. The summed E-state index contributed by atoms with van der Waals surface area (Å²) in [4.78, 5) is 12.5. The molecule has 4 atom stereocenters. The van der Waals surface area contributed by atoms with E-state index in [-0.39, 0.29) is 30.2 Å². The van der Waals surface area contributed by atoms with Gasteiger partial charge in [-0.15, -0.1) is 6.42 Å². The van der Waals surface area contributed by atoms with Gasteiger partial charge < -0.3 is 30.4 Å². The van der Waals surface area contributed by atoms with Crippen LogP contribution in [0.3, 0.4) is 0 Å². The van der Waals surface area contributed by atoms with Crippen LogP contribution in [0.15, 0.2) is 18.2 Å². The summed E-state index contributed by atoms with van der Waals surface area (Å²) in [6, 6.07) is 5.55. The van der Waals surface area contributed by atoms with Crippen LogP contribution >= 0.6 is 0 Å². The lowest BCUT2D eigenvalue weighted by Gasteiger charge is -2.30. The molecule has 0 heterocycles. The first kappa shape index (κ1) is 30.8. The van der Waals surface area contributed by atoms with Gasteiger partial charge in [0.1, 0.15) is 0 Å². The van der Waals surface area contributed by atoms with Gasteiger partial charge in [-0.25, -0.2) is 0 Å². The van der Waals surface area contributed by atoms with Crippen LogP contribution in [0.25, 0.3) is 0 Å². The lowest BCUT2D eigenvalue weighted by Crippen LogP contribution is -2.42. The number of nitrogens with two attached hydrogens (primary N) is 1. The Morgan fingerprint density at radius 1 is 1.11 bits per heavy atom. The predicted molar refractivity (Wildman–Crippen MR) is 140 cm³/mol. The first-order valence-corrected chi connectivity index (χ1v) is 12.6. The SMILES string of the molecule is C#CCNC(=O)[C@@H](CC(O)[C@@H](N)C[C@H](Cc1ccc(OC)c(OCCCOC)c1)C(C)C)C(C)C. The highest BCUT2D eigenvalue weighted by Crippen LogP contribution is 2.31. The van der Waals surface area contributed by atoms with E-state index < -0.39 is 12.1 Å². The summed E-state index contributed by atoms with van der Waals surface area (Å²) < 4.78 is 16.5. The van der Waals surface area contributed by atoms with Gasteiger partial charge in [-0.3, -0.25) is 4.79 Å². The zero-order valence-electron chi connectivity index (χ0n) is 22.4. The molecule has 1 unspecified atom stereocenters. The number of carbonyl (C=O) groups is 1. The Balaban J connectivity index is 2.85. The molecule has 7 heteroatoms. The van der Waals surface area contributed by atoms with Gasteiger partial charge in [-0.2, -0.15) is 0 Å². The maximum atomic E-state index is 12.5. The third-order valence-corrected chi connectivity index (χ3v) is 6.49. The van der Waals surface area contributed by atoms with Crippen molar-refractivity contribution in [2.75, 3.05) is 34.0 Å². The zero-order chi connectivity index (χ0) is 26.4. The van der Waals surface area contributed by atoms with Crippen LogP contribution in [0, 0.1) is 36.0 Å². The summed E-state index contributed by atoms with van der Waals surface area (Å²) in [6.45, 7) is 9.63. The van der Waals surface area contributed by atoms with Gasteiger partial charge in [0.15, 0.2) is 11.5 Å². The van der Waals surface area contributed by atoms with E-state index in [4.69, 9.17) is 26.4 Å². The van der Waals surface area contributed by atoms with E-state index in [1.165, 1.54) is 0 Å². The molecular formula is C28H46N2O5. The molecule has 1 aromatic rings. The first-order valence-electron chi connectivity index (χ1n) is 12.6. The van der Waals surface area contributed by atoms with E-state index in [1.807, 2.05) is 32.0 Å². The highest BCUT2D eigenvalue weighted by molar-refractivity contribution is 5.79. The normalized spacial score (nSPS) is 14.8. The number of ether oxygens (including phenoxy) is 3. The summed E-state index contributed by atoms with van der Waals surface area (Å²) >= 11 is 0. The molecule has 0 radical (unpaired) electrons. The molecule has 0 bridgehead atoms. The highest BCUT2D eigenvalue weighted by atomic mass is 16.5. The Morgan fingerprint density at radius 2 is 1.83 bits per heavy atom. The van der Waals surface area contributed by atoms with Crippen LogP contribution in [0.4, 0.5) is 0 Å². The number of amides is 1. The number of rotatable bonds is 17. The molecule has 4 N–H and O–H groups in total. The van der Waals surface area contributed by atoms with Crippen LogP contribution in [0.5, 0.6) is 11.5 Å². The second-order valence-corrected chi connectivity index (χ2v) is 9.86. The Bertz CT molecular complexity index is 790. The predicted octanol–water partition coefficient (Wildman–Crippen LogP) is 3.42. The molecule has 0 aliphatic carbocycles. The van der Waals surface area contributed by atoms with Crippen molar-refractivity contribution in [1.29, 1.82) is 0 Å². The maximum absolute atomic E-state index is 12.5. The number of carbonyl (C=O) groups excluding carboxylic acids is 1. The van der Waals surface area contributed by atoms with Crippen LogP contribution < -0.4 is 20.5 Å². The monoisotopic (exact) mass is 490 g/mol. The van der Waals surface area contributed by atoms with Crippen molar-refractivity contribution in [3.8, 4) is 23.8 Å². The van der Waals surface area contributed by atoms with Crippen molar-refractivity contribution in [2.24, 2.45) is 29.4 Å². The van der Waals surface area contributed by atoms with Crippen molar-refractivity contribution in [1.82, 2.24) is 5.32 Å². The van der Waals surface area contributed by atoms with E-state index in [0.717, 1.165) is 18.4 Å². The Labute approximate surface area is 212 Å². The van der Waals surface area contributed by atoms with Crippen molar-refractivity contribution in [3.05, 3.63) is 23.8 Å². The lowest BCUT2D eigenvalue weighted by molar-refractivity contribution is -0.127. The highest BCUT2D eigenvalue weighted by Gasteiger charge is 2.29. The number of hydrogen-bond donors (Lipinski definition) is 3. The molecule has 0 aromatic heterocycles. The van der Waals surface area contributed by atoms with Crippen molar-refractivity contribution in [3.63, 3.8) is 0 Å². The minimum absolute atomic E-state index is 0.0668. The topological polar surface area (TPSA) is 103 Å². The van der Waals surface area contributed by atoms with Gasteiger partial charge in [0, 0.05) is 32.1 Å². The van der Waals surface area contributed by atoms with E-state index in [0.29, 0.717) is 43.5 Å². The maximum Gasteiger partial charge on any atom is 0.224 e. The second-order valence-electron chi connectivity index (χ2n) is 9.86. The first-order chi connectivity index (χ1) is 16.6. The number of benzene rings is 1. The van der Waals surface area contributed by atoms with E-state index in [9.17, 15) is 9.90 Å². The Kier molecular flexibility index (Phi) is 14.4. The molecule has 0 aliphatic rings.